The average molecular weight is 225 g/mol. The lowest BCUT2D eigenvalue weighted by Gasteiger charge is -2.18. The van der Waals surface area contributed by atoms with Crippen molar-refractivity contribution in [2.45, 2.75) is 32.7 Å². The third-order valence-corrected chi connectivity index (χ3v) is 2.52. The quantitative estimate of drug-likeness (QED) is 0.458. The predicted molar refractivity (Wildman–Crippen MR) is 66.8 cm³/mol. The minimum atomic E-state index is -0.571. The van der Waals surface area contributed by atoms with Crippen molar-refractivity contribution in [3.8, 4) is 12.3 Å². The molecule has 1 amide bonds. The number of nitrogens with one attached hydrogen (secondary N) is 1. The summed E-state index contributed by atoms with van der Waals surface area (Å²) in [5.41, 5.74) is 5.56. The Morgan fingerprint density at radius 3 is 2.62 bits per heavy atom. The molecule has 0 saturated carbocycles. The van der Waals surface area contributed by atoms with Crippen molar-refractivity contribution in [3.05, 3.63) is 0 Å². The van der Waals surface area contributed by atoms with Gasteiger partial charge in [0.2, 0.25) is 5.91 Å². The maximum Gasteiger partial charge on any atom is 0.237 e. The van der Waals surface area contributed by atoms with E-state index in [0.29, 0.717) is 13.0 Å². The summed E-state index contributed by atoms with van der Waals surface area (Å²) in [5.74, 6) is 2.23. The lowest BCUT2D eigenvalue weighted by atomic mass is 10.2. The normalized spacial score (nSPS) is 12.2. The predicted octanol–water partition coefficient (Wildman–Crippen LogP) is 0.185. The highest BCUT2D eigenvalue weighted by molar-refractivity contribution is 5.81. The monoisotopic (exact) mass is 225 g/mol. The third-order valence-electron chi connectivity index (χ3n) is 2.52. The Kier molecular flexibility index (Phi) is 8.59. The molecule has 16 heavy (non-hydrogen) atoms. The Morgan fingerprint density at radius 1 is 1.50 bits per heavy atom. The molecule has 0 spiro atoms. The van der Waals surface area contributed by atoms with E-state index in [0.717, 1.165) is 26.1 Å². The van der Waals surface area contributed by atoms with E-state index >= 15 is 0 Å². The number of hydrogen-bond donors (Lipinski definition) is 2. The van der Waals surface area contributed by atoms with Crippen LogP contribution in [0.4, 0.5) is 0 Å². The highest BCUT2D eigenvalue weighted by Crippen LogP contribution is 1.90. The first-order valence-electron chi connectivity index (χ1n) is 5.84. The second kappa shape index (κ2) is 9.20. The second-order valence-corrected chi connectivity index (χ2v) is 3.69. The minimum absolute atomic E-state index is 0.155. The standard InChI is InChI=1S/C12H23N3O/c1-4-8-11(13)12(16)14-9-7-10-15(5-2)6-3/h1,11H,5-10,13H2,2-3H3,(H,14,16). The molecule has 0 rings (SSSR count). The third kappa shape index (κ3) is 6.44. The van der Waals surface area contributed by atoms with Gasteiger partial charge in [-0.05, 0) is 26.1 Å². The zero-order chi connectivity index (χ0) is 12.4. The van der Waals surface area contributed by atoms with Crippen molar-refractivity contribution in [3.63, 3.8) is 0 Å². The van der Waals surface area contributed by atoms with Crippen molar-refractivity contribution in [2.75, 3.05) is 26.2 Å². The average Bonchev–Trinajstić information content (AvgIpc) is 2.29. The SMILES string of the molecule is C#CCC(N)C(=O)NCCCN(CC)CC. The number of terminal acetylenes is 1. The van der Waals surface area contributed by atoms with Gasteiger partial charge in [0, 0.05) is 13.0 Å². The molecule has 0 radical (unpaired) electrons. The van der Waals surface area contributed by atoms with Crippen LogP contribution in [0.5, 0.6) is 0 Å². The van der Waals surface area contributed by atoms with Crippen LogP contribution >= 0.6 is 0 Å². The molecule has 4 heteroatoms. The van der Waals surface area contributed by atoms with Gasteiger partial charge in [0.1, 0.15) is 0 Å². The molecule has 92 valence electrons. The van der Waals surface area contributed by atoms with Gasteiger partial charge in [0.15, 0.2) is 0 Å². The molecule has 4 nitrogen and oxygen atoms in total. The summed E-state index contributed by atoms with van der Waals surface area (Å²) in [7, 11) is 0. The zero-order valence-electron chi connectivity index (χ0n) is 10.3. The minimum Gasteiger partial charge on any atom is -0.355 e. The molecule has 0 fully saturated rings. The zero-order valence-corrected chi connectivity index (χ0v) is 10.3. The first-order valence-corrected chi connectivity index (χ1v) is 5.84. The molecule has 0 saturated heterocycles. The van der Waals surface area contributed by atoms with E-state index in [9.17, 15) is 4.79 Å². The van der Waals surface area contributed by atoms with Gasteiger partial charge >= 0.3 is 0 Å². The fourth-order valence-electron chi connectivity index (χ4n) is 1.40. The van der Waals surface area contributed by atoms with Gasteiger partial charge in [-0.25, -0.2) is 0 Å². The van der Waals surface area contributed by atoms with Crippen LogP contribution in [-0.4, -0.2) is 43.0 Å². The molecule has 0 aliphatic rings. The number of carbonyl (C=O) groups excluding carboxylic acids is 1. The Morgan fingerprint density at radius 2 is 2.12 bits per heavy atom. The smallest absolute Gasteiger partial charge is 0.237 e. The van der Waals surface area contributed by atoms with Crippen LogP contribution in [0.3, 0.4) is 0 Å². The van der Waals surface area contributed by atoms with Gasteiger partial charge in [-0.1, -0.05) is 13.8 Å². The summed E-state index contributed by atoms with van der Waals surface area (Å²) < 4.78 is 0. The highest BCUT2D eigenvalue weighted by atomic mass is 16.2. The Hall–Kier alpha value is -1.05. The van der Waals surface area contributed by atoms with Crippen LogP contribution in [0.15, 0.2) is 0 Å². The van der Waals surface area contributed by atoms with Crippen molar-refractivity contribution in [2.24, 2.45) is 5.73 Å². The molecular weight excluding hydrogens is 202 g/mol. The van der Waals surface area contributed by atoms with E-state index in [1.807, 2.05) is 0 Å². The van der Waals surface area contributed by atoms with E-state index in [2.05, 4.69) is 30.0 Å². The number of hydrogen-bond acceptors (Lipinski definition) is 3. The summed E-state index contributed by atoms with van der Waals surface area (Å²) in [4.78, 5) is 13.7. The van der Waals surface area contributed by atoms with Gasteiger partial charge in [-0.15, -0.1) is 12.3 Å². The maximum atomic E-state index is 11.4. The number of carbonyl (C=O) groups is 1. The summed E-state index contributed by atoms with van der Waals surface area (Å²) in [6.07, 6.45) is 6.32. The van der Waals surface area contributed by atoms with Gasteiger partial charge in [-0.3, -0.25) is 4.79 Å². The summed E-state index contributed by atoms with van der Waals surface area (Å²) >= 11 is 0. The van der Waals surface area contributed by atoms with E-state index in [-0.39, 0.29) is 5.91 Å². The Bertz CT molecular complexity index is 231. The van der Waals surface area contributed by atoms with Gasteiger partial charge in [-0.2, -0.15) is 0 Å². The fourth-order valence-corrected chi connectivity index (χ4v) is 1.40. The topological polar surface area (TPSA) is 58.4 Å². The van der Waals surface area contributed by atoms with Crippen LogP contribution in [0.2, 0.25) is 0 Å². The number of amides is 1. The Balaban J connectivity index is 3.59. The van der Waals surface area contributed by atoms with Crippen molar-refractivity contribution >= 4 is 5.91 Å². The van der Waals surface area contributed by atoms with Crippen LogP contribution < -0.4 is 11.1 Å². The van der Waals surface area contributed by atoms with Crippen molar-refractivity contribution in [1.82, 2.24) is 10.2 Å². The number of rotatable bonds is 8. The molecule has 0 aromatic heterocycles. The van der Waals surface area contributed by atoms with E-state index < -0.39 is 6.04 Å². The van der Waals surface area contributed by atoms with Crippen LogP contribution in [0, 0.1) is 12.3 Å². The first-order chi connectivity index (χ1) is 7.65. The molecule has 0 aliphatic heterocycles. The molecule has 0 aliphatic carbocycles. The van der Waals surface area contributed by atoms with Crippen LogP contribution in [0.1, 0.15) is 26.7 Å². The van der Waals surface area contributed by atoms with E-state index in [1.165, 1.54) is 0 Å². The molecule has 1 unspecified atom stereocenters. The number of nitrogens with two attached hydrogens (primary N) is 1. The van der Waals surface area contributed by atoms with Gasteiger partial charge in [0.25, 0.3) is 0 Å². The molecule has 0 aromatic carbocycles. The number of nitrogens with zero attached hydrogens (tertiary/aromatic N) is 1. The first kappa shape index (κ1) is 14.9. The summed E-state index contributed by atoms with van der Waals surface area (Å²) in [6, 6.07) is -0.571. The molecular formula is C12H23N3O. The van der Waals surface area contributed by atoms with Crippen molar-refractivity contribution < 1.29 is 4.79 Å². The molecule has 0 bridgehead atoms. The maximum absolute atomic E-state index is 11.4. The molecule has 0 heterocycles. The largest absolute Gasteiger partial charge is 0.355 e. The van der Waals surface area contributed by atoms with Gasteiger partial charge in [0.05, 0.1) is 6.04 Å². The lowest BCUT2D eigenvalue weighted by molar-refractivity contribution is -0.122. The summed E-state index contributed by atoms with van der Waals surface area (Å²) in [6.45, 7) is 8.00. The molecule has 0 aromatic rings. The van der Waals surface area contributed by atoms with E-state index in [1.54, 1.807) is 0 Å². The Labute approximate surface area is 98.6 Å². The highest BCUT2D eigenvalue weighted by Gasteiger charge is 2.10. The van der Waals surface area contributed by atoms with Crippen molar-refractivity contribution in [1.29, 1.82) is 0 Å². The van der Waals surface area contributed by atoms with Crippen LogP contribution in [-0.2, 0) is 4.79 Å². The van der Waals surface area contributed by atoms with E-state index in [4.69, 9.17) is 12.2 Å². The fraction of sp³-hybridized carbons (Fsp3) is 0.750. The van der Waals surface area contributed by atoms with Gasteiger partial charge < -0.3 is 16.0 Å². The molecule has 3 N–H and O–H groups in total. The lowest BCUT2D eigenvalue weighted by Crippen LogP contribution is -2.41. The summed E-state index contributed by atoms with van der Waals surface area (Å²) in [5, 5.41) is 2.78. The second-order valence-electron chi connectivity index (χ2n) is 3.69. The molecule has 1 atom stereocenters. The van der Waals surface area contributed by atoms with Crippen LogP contribution in [0.25, 0.3) is 0 Å².